The van der Waals surface area contributed by atoms with Gasteiger partial charge in [0.05, 0.1) is 4.90 Å². The summed E-state index contributed by atoms with van der Waals surface area (Å²) in [6.07, 6.45) is 5.20. The van der Waals surface area contributed by atoms with Gasteiger partial charge in [0.15, 0.2) is 0 Å². The third-order valence-electron chi connectivity index (χ3n) is 5.08. The number of hydrogen-bond acceptors (Lipinski definition) is 3. The van der Waals surface area contributed by atoms with Gasteiger partial charge in [0.1, 0.15) is 0 Å². The van der Waals surface area contributed by atoms with Crippen LogP contribution in [0.3, 0.4) is 0 Å². The highest BCUT2D eigenvalue weighted by Crippen LogP contribution is 2.28. The monoisotopic (exact) mass is 322 g/mol. The van der Waals surface area contributed by atoms with Crippen LogP contribution in [0.4, 0.5) is 0 Å². The summed E-state index contributed by atoms with van der Waals surface area (Å²) in [6.45, 7) is 5.29. The van der Waals surface area contributed by atoms with Gasteiger partial charge in [-0.2, -0.15) is 4.31 Å². The van der Waals surface area contributed by atoms with Gasteiger partial charge in [-0.1, -0.05) is 38.0 Å². The smallest absolute Gasteiger partial charge is 0.243 e. The molecule has 3 rings (SSSR count). The van der Waals surface area contributed by atoms with E-state index in [1.54, 1.807) is 28.6 Å². The van der Waals surface area contributed by atoms with Gasteiger partial charge in [-0.25, -0.2) is 8.42 Å². The minimum absolute atomic E-state index is 0.412. The predicted octanol–water partition coefficient (Wildman–Crippen LogP) is 2.57. The second-order valence-corrected chi connectivity index (χ2v) is 8.62. The molecule has 0 radical (unpaired) electrons. The fraction of sp³-hybridized carbons (Fsp3) is 0.647. The molecule has 0 amide bonds. The lowest BCUT2D eigenvalue weighted by molar-refractivity contribution is 0.0967. The van der Waals surface area contributed by atoms with Crippen LogP contribution in [0.2, 0.25) is 0 Å². The first-order valence-electron chi connectivity index (χ1n) is 8.36. The standard InChI is InChI=1S/C17H26N2O2S/c1-15-6-5-7-16(14-15)18-10-12-19(13-11-18)22(20,21)17-8-3-2-4-9-17/h2-4,8-9,15-16H,5-7,10-14H2,1H3/t15-,16+/m0/s1. The first kappa shape index (κ1) is 16.0. The fourth-order valence-electron chi connectivity index (χ4n) is 3.78. The van der Waals surface area contributed by atoms with Crippen LogP contribution in [0.5, 0.6) is 0 Å². The normalized spacial score (nSPS) is 28.6. The van der Waals surface area contributed by atoms with Crippen LogP contribution < -0.4 is 0 Å². The molecule has 1 saturated carbocycles. The molecular formula is C17H26N2O2S. The molecular weight excluding hydrogens is 296 g/mol. The van der Waals surface area contributed by atoms with E-state index in [2.05, 4.69) is 11.8 Å². The Morgan fingerprint density at radius 2 is 1.68 bits per heavy atom. The van der Waals surface area contributed by atoms with Crippen molar-refractivity contribution in [1.82, 2.24) is 9.21 Å². The molecule has 0 unspecified atom stereocenters. The molecule has 1 saturated heterocycles. The van der Waals surface area contributed by atoms with E-state index in [4.69, 9.17) is 0 Å². The Morgan fingerprint density at radius 1 is 1.00 bits per heavy atom. The molecule has 22 heavy (non-hydrogen) atoms. The molecule has 4 nitrogen and oxygen atoms in total. The molecule has 1 aromatic carbocycles. The first-order chi connectivity index (χ1) is 10.6. The highest BCUT2D eigenvalue weighted by Gasteiger charge is 2.32. The molecule has 2 atom stereocenters. The number of nitrogens with zero attached hydrogens (tertiary/aromatic N) is 2. The average molecular weight is 322 g/mol. The van der Waals surface area contributed by atoms with Gasteiger partial charge in [0.2, 0.25) is 10.0 Å². The van der Waals surface area contributed by atoms with E-state index in [0.717, 1.165) is 19.0 Å². The second kappa shape index (κ2) is 6.69. The summed E-state index contributed by atoms with van der Waals surface area (Å²) in [5.74, 6) is 0.810. The number of benzene rings is 1. The number of piperazine rings is 1. The van der Waals surface area contributed by atoms with E-state index in [1.165, 1.54) is 25.7 Å². The van der Waals surface area contributed by atoms with Gasteiger partial charge >= 0.3 is 0 Å². The minimum Gasteiger partial charge on any atom is -0.298 e. The van der Waals surface area contributed by atoms with Crippen molar-refractivity contribution in [2.24, 2.45) is 5.92 Å². The van der Waals surface area contributed by atoms with Crippen molar-refractivity contribution in [2.75, 3.05) is 26.2 Å². The van der Waals surface area contributed by atoms with Crippen molar-refractivity contribution >= 4 is 10.0 Å². The van der Waals surface area contributed by atoms with Gasteiger partial charge in [-0.15, -0.1) is 0 Å². The van der Waals surface area contributed by atoms with Crippen LogP contribution >= 0.6 is 0 Å². The maximum atomic E-state index is 12.6. The summed E-state index contributed by atoms with van der Waals surface area (Å²) < 4.78 is 26.9. The molecule has 0 spiro atoms. The number of sulfonamides is 1. The van der Waals surface area contributed by atoms with Crippen LogP contribution in [-0.2, 0) is 10.0 Å². The molecule has 2 aliphatic rings. The summed E-state index contributed by atoms with van der Waals surface area (Å²) in [7, 11) is -3.32. The van der Waals surface area contributed by atoms with Gasteiger partial charge in [-0.3, -0.25) is 4.90 Å². The van der Waals surface area contributed by atoms with E-state index in [-0.39, 0.29) is 0 Å². The van der Waals surface area contributed by atoms with Crippen LogP contribution in [0.25, 0.3) is 0 Å². The zero-order valence-electron chi connectivity index (χ0n) is 13.3. The Balaban J connectivity index is 1.62. The third-order valence-corrected chi connectivity index (χ3v) is 6.99. The van der Waals surface area contributed by atoms with Crippen LogP contribution in [-0.4, -0.2) is 49.8 Å². The lowest BCUT2D eigenvalue weighted by atomic mass is 9.86. The minimum atomic E-state index is -3.32. The lowest BCUT2D eigenvalue weighted by Crippen LogP contribution is -2.52. The van der Waals surface area contributed by atoms with Crippen molar-refractivity contribution in [3.05, 3.63) is 30.3 Å². The van der Waals surface area contributed by atoms with E-state index >= 15 is 0 Å². The summed E-state index contributed by atoms with van der Waals surface area (Å²) in [6, 6.07) is 9.44. The zero-order chi connectivity index (χ0) is 15.6. The van der Waals surface area contributed by atoms with Gasteiger partial charge in [-0.05, 0) is 30.9 Å². The van der Waals surface area contributed by atoms with Crippen molar-refractivity contribution in [3.8, 4) is 0 Å². The second-order valence-electron chi connectivity index (χ2n) is 6.68. The summed E-state index contributed by atoms with van der Waals surface area (Å²) >= 11 is 0. The average Bonchev–Trinajstić information content (AvgIpc) is 2.56. The molecule has 0 aromatic heterocycles. The number of hydrogen-bond donors (Lipinski definition) is 0. The third kappa shape index (κ3) is 3.36. The molecule has 2 fully saturated rings. The quantitative estimate of drug-likeness (QED) is 0.859. The van der Waals surface area contributed by atoms with E-state index in [0.29, 0.717) is 24.0 Å². The van der Waals surface area contributed by atoms with E-state index in [1.807, 2.05) is 6.07 Å². The van der Waals surface area contributed by atoms with Crippen molar-refractivity contribution in [1.29, 1.82) is 0 Å². The Labute approximate surface area is 134 Å². The maximum Gasteiger partial charge on any atom is 0.243 e. The first-order valence-corrected chi connectivity index (χ1v) is 9.80. The molecule has 1 aliphatic heterocycles. The summed E-state index contributed by atoms with van der Waals surface area (Å²) in [4.78, 5) is 2.92. The Bertz CT molecular complexity index is 580. The molecule has 0 N–H and O–H groups in total. The van der Waals surface area contributed by atoms with Crippen molar-refractivity contribution < 1.29 is 8.42 Å². The molecule has 5 heteroatoms. The van der Waals surface area contributed by atoms with Crippen LogP contribution in [0, 0.1) is 5.92 Å². The lowest BCUT2D eigenvalue weighted by Gasteiger charge is -2.41. The summed E-state index contributed by atoms with van der Waals surface area (Å²) in [5.41, 5.74) is 0. The zero-order valence-corrected chi connectivity index (χ0v) is 14.1. The predicted molar refractivity (Wildman–Crippen MR) is 88.2 cm³/mol. The molecule has 0 bridgehead atoms. The molecule has 1 aliphatic carbocycles. The van der Waals surface area contributed by atoms with Crippen LogP contribution in [0.15, 0.2) is 35.2 Å². The van der Waals surface area contributed by atoms with Crippen LogP contribution in [0.1, 0.15) is 32.6 Å². The fourth-order valence-corrected chi connectivity index (χ4v) is 5.23. The molecule has 1 heterocycles. The van der Waals surface area contributed by atoms with Gasteiger partial charge in [0, 0.05) is 32.2 Å². The summed E-state index contributed by atoms with van der Waals surface area (Å²) in [5, 5.41) is 0. The molecule has 122 valence electrons. The van der Waals surface area contributed by atoms with E-state index in [9.17, 15) is 8.42 Å². The topological polar surface area (TPSA) is 40.6 Å². The highest BCUT2D eigenvalue weighted by atomic mass is 32.2. The Morgan fingerprint density at radius 3 is 2.32 bits per heavy atom. The number of rotatable bonds is 3. The van der Waals surface area contributed by atoms with Gasteiger partial charge < -0.3 is 0 Å². The SMILES string of the molecule is C[C@H]1CCC[C@@H](N2CCN(S(=O)(=O)c3ccccc3)CC2)C1. The Hall–Kier alpha value is -0.910. The van der Waals surface area contributed by atoms with Crippen molar-refractivity contribution in [2.45, 2.75) is 43.5 Å². The molecule has 1 aromatic rings. The van der Waals surface area contributed by atoms with E-state index < -0.39 is 10.0 Å². The van der Waals surface area contributed by atoms with Gasteiger partial charge in [0.25, 0.3) is 0 Å². The maximum absolute atomic E-state index is 12.6. The Kier molecular flexibility index (Phi) is 4.85. The van der Waals surface area contributed by atoms with Crippen molar-refractivity contribution in [3.63, 3.8) is 0 Å². The largest absolute Gasteiger partial charge is 0.298 e. The highest BCUT2D eigenvalue weighted by molar-refractivity contribution is 7.89.